The number of unbranched alkanes of at least 4 members (excludes halogenated alkanes) is 13. The Morgan fingerprint density at radius 2 is 1.26 bits per heavy atom. The molecule has 0 fully saturated rings. The molecule has 0 spiro atoms. The fourth-order valence-corrected chi connectivity index (χ4v) is 4.47. The summed E-state index contributed by atoms with van der Waals surface area (Å²) in [7, 11) is 0. The number of rotatable bonds is 15. The first-order valence-corrected chi connectivity index (χ1v) is 11.8. The van der Waals surface area contributed by atoms with E-state index >= 15 is 0 Å². The Morgan fingerprint density at radius 1 is 0.741 bits per heavy atom. The van der Waals surface area contributed by atoms with E-state index < -0.39 is 0 Å². The summed E-state index contributed by atoms with van der Waals surface area (Å²) in [6.07, 6.45) is 26.3. The topological polar surface area (TPSA) is 26.0 Å². The molecule has 0 heterocycles. The molecule has 0 bridgehead atoms. The van der Waals surface area contributed by atoms with Gasteiger partial charge < -0.3 is 5.73 Å². The standard InChI is InChI=1S/C26H43N/c1-2-3-4-5-6-7-8-9-10-11-12-13-14-17-22-26(27)23-18-20-24-19-15-16-21-25(24)26/h15-16,18-21H,2-14,17,22-23,27H2,1H3. The summed E-state index contributed by atoms with van der Waals surface area (Å²) in [5, 5.41) is 0. The largest absolute Gasteiger partial charge is 0.321 e. The van der Waals surface area contributed by atoms with Crippen LogP contribution in [0.5, 0.6) is 0 Å². The zero-order chi connectivity index (χ0) is 19.2. The van der Waals surface area contributed by atoms with Crippen LogP contribution in [0.3, 0.4) is 0 Å². The van der Waals surface area contributed by atoms with Gasteiger partial charge in [0, 0.05) is 5.54 Å². The maximum atomic E-state index is 6.77. The van der Waals surface area contributed by atoms with Crippen LogP contribution < -0.4 is 5.73 Å². The van der Waals surface area contributed by atoms with Gasteiger partial charge in [0.15, 0.2) is 0 Å². The molecule has 0 aromatic heterocycles. The molecule has 0 saturated heterocycles. The van der Waals surface area contributed by atoms with Crippen LogP contribution in [0.2, 0.25) is 0 Å². The van der Waals surface area contributed by atoms with E-state index in [4.69, 9.17) is 5.73 Å². The summed E-state index contributed by atoms with van der Waals surface area (Å²) in [5.41, 5.74) is 9.30. The fourth-order valence-electron chi connectivity index (χ4n) is 4.47. The smallest absolute Gasteiger partial charge is 0.0450 e. The molecule has 0 saturated carbocycles. The van der Waals surface area contributed by atoms with Crippen molar-refractivity contribution in [2.24, 2.45) is 5.73 Å². The minimum atomic E-state index is -0.136. The van der Waals surface area contributed by atoms with E-state index in [-0.39, 0.29) is 5.54 Å². The summed E-state index contributed by atoms with van der Waals surface area (Å²) in [5.74, 6) is 0. The van der Waals surface area contributed by atoms with E-state index in [0.29, 0.717) is 0 Å². The monoisotopic (exact) mass is 369 g/mol. The van der Waals surface area contributed by atoms with Gasteiger partial charge in [-0.25, -0.2) is 0 Å². The van der Waals surface area contributed by atoms with Crippen LogP contribution in [-0.4, -0.2) is 0 Å². The van der Waals surface area contributed by atoms with Crippen molar-refractivity contribution in [3.05, 3.63) is 41.5 Å². The van der Waals surface area contributed by atoms with Gasteiger partial charge in [0.05, 0.1) is 0 Å². The van der Waals surface area contributed by atoms with E-state index in [2.05, 4.69) is 43.3 Å². The minimum Gasteiger partial charge on any atom is -0.321 e. The van der Waals surface area contributed by atoms with Crippen LogP contribution in [0.4, 0.5) is 0 Å². The van der Waals surface area contributed by atoms with Crippen molar-refractivity contribution in [2.45, 2.75) is 115 Å². The van der Waals surface area contributed by atoms with Crippen LogP contribution in [-0.2, 0) is 5.54 Å². The Labute approximate surface area is 168 Å². The van der Waals surface area contributed by atoms with Crippen molar-refractivity contribution in [3.63, 3.8) is 0 Å². The van der Waals surface area contributed by atoms with Gasteiger partial charge in [-0.2, -0.15) is 0 Å². The molecule has 1 aliphatic carbocycles. The molecule has 1 atom stereocenters. The number of nitrogens with two attached hydrogens (primary N) is 1. The number of benzene rings is 1. The Kier molecular flexibility index (Phi) is 10.8. The van der Waals surface area contributed by atoms with Crippen molar-refractivity contribution in [2.75, 3.05) is 0 Å². The molecule has 2 rings (SSSR count). The number of hydrogen-bond donors (Lipinski definition) is 1. The number of hydrogen-bond acceptors (Lipinski definition) is 1. The van der Waals surface area contributed by atoms with Crippen molar-refractivity contribution in [1.82, 2.24) is 0 Å². The second kappa shape index (κ2) is 13.2. The van der Waals surface area contributed by atoms with Crippen LogP contribution in [0.1, 0.15) is 121 Å². The van der Waals surface area contributed by atoms with Gasteiger partial charge in [-0.1, -0.05) is 133 Å². The third-order valence-corrected chi connectivity index (χ3v) is 6.25. The minimum absolute atomic E-state index is 0.136. The highest BCUT2D eigenvalue weighted by Gasteiger charge is 2.29. The molecular weight excluding hydrogens is 326 g/mol. The average molecular weight is 370 g/mol. The van der Waals surface area contributed by atoms with Crippen molar-refractivity contribution < 1.29 is 0 Å². The van der Waals surface area contributed by atoms with Crippen LogP contribution in [0.25, 0.3) is 6.08 Å². The van der Waals surface area contributed by atoms with Gasteiger partial charge in [-0.05, 0) is 24.0 Å². The van der Waals surface area contributed by atoms with Gasteiger partial charge in [0.25, 0.3) is 0 Å². The Balaban J connectivity index is 1.45. The molecule has 2 N–H and O–H groups in total. The SMILES string of the molecule is CCCCCCCCCCCCCCCCC1(N)CC=Cc2ccccc21. The van der Waals surface area contributed by atoms with E-state index in [1.54, 1.807) is 0 Å². The highest BCUT2D eigenvalue weighted by molar-refractivity contribution is 5.58. The molecule has 1 aromatic carbocycles. The molecule has 0 aliphatic heterocycles. The first-order valence-electron chi connectivity index (χ1n) is 11.8. The number of fused-ring (bicyclic) bond motifs is 1. The molecule has 152 valence electrons. The Hall–Kier alpha value is -1.08. The molecule has 1 aliphatic rings. The second-order valence-corrected chi connectivity index (χ2v) is 8.70. The maximum absolute atomic E-state index is 6.77. The van der Waals surface area contributed by atoms with E-state index in [0.717, 1.165) is 12.8 Å². The first-order chi connectivity index (χ1) is 13.3. The Bertz CT molecular complexity index is 533. The van der Waals surface area contributed by atoms with Gasteiger partial charge in [-0.3, -0.25) is 0 Å². The van der Waals surface area contributed by atoms with Gasteiger partial charge in [-0.15, -0.1) is 0 Å². The van der Waals surface area contributed by atoms with Crippen molar-refractivity contribution in [1.29, 1.82) is 0 Å². The zero-order valence-corrected chi connectivity index (χ0v) is 17.9. The zero-order valence-electron chi connectivity index (χ0n) is 17.9. The second-order valence-electron chi connectivity index (χ2n) is 8.70. The molecule has 1 aromatic rings. The lowest BCUT2D eigenvalue weighted by Crippen LogP contribution is -2.38. The molecular formula is C26H43N. The van der Waals surface area contributed by atoms with Crippen molar-refractivity contribution in [3.8, 4) is 0 Å². The maximum Gasteiger partial charge on any atom is 0.0450 e. The fraction of sp³-hybridized carbons (Fsp3) is 0.692. The lowest BCUT2D eigenvalue weighted by molar-refractivity contribution is 0.385. The van der Waals surface area contributed by atoms with E-state index in [1.807, 2.05) is 0 Å². The molecule has 1 unspecified atom stereocenters. The summed E-state index contributed by atoms with van der Waals surface area (Å²) in [4.78, 5) is 0. The highest BCUT2D eigenvalue weighted by atomic mass is 14.7. The summed E-state index contributed by atoms with van der Waals surface area (Å²) in [6.45, 7) is 2.29. The molecule has 1 heteroatoms. The summed E-state index contributed by atoms with van der Waals surface area (Å²) >= 11 is 0. The Morgan fingerprint density at radius 3 is 1.85 bits per heavy atom. The molecule has 0 amide bonds. The molecule has 27 heavy (non-hydrogen) atoms. The molecule has 1 nitrogen and oxygen atoms in total. The van der Waals surface area contributed by atoms with E-state index in [9.17, 15) is 0 Å². The van der Waals surface area contributed by atoms with Gasteiger partial charge in [0.2, 0.25) is 0 Å². The normalized spacial score (nSPS) is 18.6. The van der Waals surface area contributed by atoms with Crippen LogP contribution >= 0.6 is 0 Å². The lowest BCUT2D eigenvalue weighted by Gasteiger charge is -2.33. The van der Waals surface area contributed by atoms with Crippen LogP contribution in [0, 0.1) is 0 Å². The average Bonchev–Trinajstić information content (AvgIpc) is 2.69. The van der Waals surface area contributed by atoms with Gasteiger partial charge in [0.1, 0.15) is 0 Å². The van der Waals surface area contributed by atoms with Gasteiger partial charge >= 0.3 is 0 Å². The predicted octanol–water partition coefficient (Wildman–Crippen LogP) is 8.13. The summed E-state index contributed by atoms with van der Waals surface area (Å²) in [6, 6.07) is 8.66. The third kappa shape index (κ3) is 8.21. The summed E-state index contributed by atoms with van der Waals surface area (Å²) < 4.78 is 0. The third-order valence-electron chi connectivity index (χ3n) is 6.25. The predicted molar refractivity (Wildman–Crippen MR) is 121 cm³/mol. The quantitative estimate of drug-likeness (QED) is 0.310. The van der Waals surface area contributed by atoms with Crippen LogP contribution in [0.15, 0.2) is 30.3 Å². The highest BCUT2D eigenvalue weighted by Crippen LogP contribution is 2.35. The van der Waals surface area contributed by atoms with E-state index in [1.165, 1.54) is 101 Å². The first kappa shape index (κ1) is 22.2. The lowest BCUT2D eigenvalue weighted by atomic mass is 9.77. The van der Waals surface area contributed by atoms with Crippen molar-refractivity contribution >= 4 is 6.08 Å². The molecule has 0 radical (unpaired) electrons.